The number of hydrogen-bond acceptors (Lipinski definition) is 1. The molecule has 0 atom stereocenters. The van der Waals surface area contributed by atoms with Gasteiger partial charge in [0.25, 0.3) is 0 Å². The largest absolute Gasteiger partial charge is 0.319 e. The van der Waals surface area contributed by atoms with E-state index in [0.29, 0.717) is 16.9 Å². The van der Waals surface area contributed by atoms with E-state index in [1.165, 1.54) is 33.4 Å². The van der Waals surface area contributed by atoms with E-state index in [2.05, 4.69) is 147 Å². The summed E-state index contributed by atoms with van der Waals surface area (Å²) in [6.07, 6.45) is 0. The Balaban J connectivity index is 1.45. The van der Waals surface area contributed by atoms with Gasteiger partial charge in [-0.05, 0) is 104 Å². The Kier molecular flexibility index (Phi) is 5.91. The molecule has 0 saturated heterocycles. The van der Waals surface area contributed by atoms with Crippen molar-refractivity contribution in [2.45, 2.75) is 47.0 Å². The van der Waals surface area contributed by atoms with Gasteiger partial charge in [0.05, 0.1) is 51.6 Å². The van der Waals surface area contributed by atoms with Crippen molar-refractivity contribution in [2.24, 2.45) is 0 Å². The Labute approximate surface area is 285 Å². The zero-order chi connectivity index (χ0) is 33.9. The molecule has 0 fully saturated rings. The molecule has 2 heterocycles. The average molecular weight is 631 g/mol. The Morgan fingerprint density at radius 2 is 1.29 bits per heavy atom. The number of fused-ring (bicyclic) bond motifs is 9. The number of benzene rings is 6. The van der Waals surface area contributed by atoms with Crippen molar-refractivity contribution in [3.63, 3.8) is 0 Å². The fourth-order valence-electron chi connectivity index (χ4n) is 8.86. The maximum Gasteiger partial charge on any atom is 0.235 e. The minimum absolute atomic E-state index is 0.129. The molecular weight excluding hydrogens is 597 g/mol. The van der Waals surface area contributed by atoms with E-state index in [4.69, 9.17) is 6.57 Å². The van der Waals surface area contributed by atoms with Gasteiger partial charge < -0.3 is 9.13 Å². The van der Waals surface area contributed by atoms with E-state index in [1.54, 1.807) is 0 Å². The van der Waals surface area contributed by atoms with Gasteiger partial charge >= 0.3 is 0 Å². The molecule has 9 rings (SSSR count). The van der Waals surface area contributed by atoms with Crippen LogP contribution >= 0.6 is 0 Å². The van der Waals surface area contributed by atoms with E-state index >= 15 is 0 Å². The van der Waals surface area contributed by atoms with Crippen LogP contribution in [0.1, 0.15) is 52.8 Å². The smallest absolute Gasteiger partial charge is 0.235 e. The summed E-state index contributed by atoms with van der Waals surface area (Å²) in [7, 11) is 0. The third kappa shape index (κ3) is 3.78. The minimum Gasteiger partial charge on any atom is -0.319 e. The number of hydrogen-bond donors (Lipinski definition) is 0. The van der Waals surface area contributed by atoms with Crippen LogP contribution in [0, 0.1) is 45.6 Å². The quantitative estimate of drug-likeness (QED) is 0.175. The van der Waals surface area contributed by atoms with Gasteiger partial charge in [-0.1, -0.05) is 79.6 Å². The number of para-hydroxylation sites is 1. The molecule has 0 spiro atoms. The second kappa shape index (κ2) is 9.96. The Morgan fingerprint density at radius 1 is 0.633 bits per heavy atom. The molecule has 6 aromatic carbocycles. The van der Waals surface area contributed by atoms with Gasteiger partial charge in [0.15, 0.2) is 0 Å². The Hall–Kier alpha value is -6.10. The van der Waals surface area contributed by atoms with Crippen LogP contribution in [0.3, 0.4) is 0 Å². The summed E-state index contributed by atoms with van der Waals surface area (Å²) in [6.45, 7) is 21.9. The van der Waals surface area contributed by atoms with Crippen LogP contribution in [-0.2, 0) is 5.41 Å². The van der Waals surface area contributed by atoms with Crippen molar-refractivity contribution in [3.8, 4) is 28.6 Å². The predicted octanol–water partition coefficient (Wildman–Crippen LogP) is 11.8. The molecule has 0 aliphatic heterocycles. The van der Waals surface area contributed by atoms with Crippen LogP contribution in [-0.4, -0.2) is 9.13 Å². The average Bonchev–Trinajstić information content (AvgIpc) is 3.66. The lowest BCUT2D eigenvalue weighted by Crippen LogP contribution is -2.14. The molecule has 0 radical (unpaired) electrons. The molecule has 1 aliphatic rings. The van der Waals surface area contributed by atoms with E-state index in [1.807, 2.05) is 12.1 Å². The highest BCUT2D eigenvalue weighted by molar-refractivity contribution is 6.14. The first kappa shape index (κ1) is 29.1. The number of nitriles is 1. The number of aromatic nitrogens is 2. The molecule has 4 heteroatoms. The van der Waals surface area contributed by atoms with Gasteiger partial charge in [0, 0.05) is 27.0 Å². The molecule has 0 unspecified atom stereocenters. The maximum absolute atomic E-state index is 10.6. The summed E-state index contributed by atoms with van der Waals surface area (Å²) in [4.78, 5) is 4.30. The first-order valence-electron chi connectivity index (χ1n) is 16.8. The summed E-state index contributed by atoms with van der Waals surface area (Å²) < 4.78 is 4.45. The van der Waals surface area contributed by atoms with Crippen LogP contribution < -0.4 is 0 Å². The lowest BCUT2D eigenvalue weighted by atomic mass is 9.82. The zero-order valence-corrected chi connectivity index (χ0v) is 28.5. The highest BCUT2D eigenvalue weighted by Crippen LogP contribution is 2.52. The van der Waals surface area contributed by atoms with Crippen LogP contribution in [0.15, 0.2) is 97.1 Å². The molecule has 49 heavy (non-hydrogen) atoms. The molecule has 4 nitrogen and oxygen atoms in total. The minimum atomic E-state index is -0.129. The van der Waals surface area contributed by atoms with E-state index in [-0.39, 0.29) is 5.41 Å². The molecule has 0 saturated carbocycles. The van der Waals surface area contributed by atoms with Gasteiger partial charge in [0.2, 0.25) is 5.69 Å². The second-order valence-electron chi connectivity index (χ2n) is 14.3. The highest BCUT2D eigenvalue weighted by Gasteiger charge is 2.36. The Morgan fingerprint density at radius 3 is 1.96 bits per heavy atom. The van der Waals surface area contributed by atoms with Crippen molar-refractivity contribution >= 4 is 49.3 Å². The summed E-state index contributed by atoms with van der Waals surface area (Å²) in [5, 5.41) is 15.2. The third-order valence-corrected chi connectivity index (χ3v) is 10.8. The Bertz CT molecular complexity index is 2790. The monoisotopic (exact) mass is 630 g/mol. The summed E-state index contributed by atoms with van der Waals surface area (Å²) in [5.41, 5.74) is 16.1. The van der Waals surface area contributed by atoms with Crippen molar-refractivity contribution in [3.05, 3.63) is 147 Å². The first-order chi connectivity index (χ1) is 23.6. The van der Waals surface area contributed by atoms with E-state index in [0.717, 1.165) is 60.4 Å². The van der Waals surface area contributed by atoms with E-state index in [9.17, 15) is 5.26 Å². The van der Waals surface area contributed by atoms with Crippen LogP contribution in [0.5, 0.6) is 0 Å². The SMILES string of the molecule is [C-]#[N+]c1c(-n2c3ccccc3c3cc4c(cc32)-c2ccccc2C4(C)C)ccc(C#N)c1-n1c2c(C)cc(C)cc2c2cc(C)cc(C)c21. The van der Waals surface area contributed by atoms with Gasteiger partial charge in [0.1, 0.15) is 0 Å². The number of nitrogens with zero attached hydrogens (tertiary/aromatic N) is 4. The summed E-state index contributed by atoms with van der Waals surface area (Å²) in [5.74, 6) is 0. The topological polar surface area (TPSA) is 38.0 Å². The lowest BCUT2D eigenvalue weighted by molar-refractivity contribution is 0.661. The third-order valence-electron chi connectivity index (χ3n) is 10.8. The molecule has 0 N–H and O–H groups in total. The summed E-state index contributed by atoms with van der Waals surface area (Å²) >= 11 is 0. The molecule has 2 aromatic heterocycles. The van der Waals surface area contributed by atoms with Gasteiger partial charge in [-0.15, -0.1) is 0 Å². The molecule has 0 bridgehead atoms. The number of rotatable bonds is 2. The molecule has 0 amide bonds. The number of aryl methyl sites for hydroxylation is 4. The van der Waals surface area contributed by atoms with Gasteiger partial charge in [-0.2, -0.15) is 5.26 Å². The second-order valence-corrected chi connectivity index (χ2v) is 14.3. The van der Waals surface area contributed by atoms with Crippen LogP contribution in [0.25, 0.3) is 71.0 Å². The normalized spacial score (nSPS) is 13.2. The summed E-state index contributed by atoms with van der Waals surface area (Å²) in [6, 6.07) is 37.1. The van der Waals surface area contributed by atoms with Crippen molar-refractivity contribution in [1.29, 1.82) is 5.26 Å². The standard InChI is InChI=1S/C45H34N4/c1-25-18-27(3)42-34(20-25)35-21-26(2)19-28(4)43(35)49(42)44-29(24-46)16-17-39(41(44)47-7)48-38-15-11-9-13-31(38)33-22-37-32(23-40(33)48)30-12-8-10-14-36(30)45(37,5)6/h8-23H,1-6H3. The van der Waals surface area contributed by atoms with Crippen LogP contribution in [0.2, 0.25) is 0 Å². The van der Waals surface area contributed by atoms with Crippen LogP contribution in [0.4, 0.5) is 5.69 Å². The fraction of sp³-hybridized carbons (Fsp3) is 0.156. The molecule has 1 aliphatic carbocycles. The van der Waals surface area contributed by atoms with Crippen molar-refractivity contribution in [1.82, 2.24) is 9.13 Å². The first-order valence-corrected chi connectivity index (χ1v) is 16.8. The fourth-order valence-corrected chi connectivity index (χ4v) is 8.86. The molecule has 234 valence electrons. The highest BCUT2D eigenvalue weighted by atomic mass is 15.1. The zero-order valence-electron chi connectivity index (χ0n) is 28.5. The molecular formula is C45H34N4. The van der Waals surface area contributed by atoms with Gasteiger partial charge in [-0.25, -0.2) is 4.85 Å². The molecule has 8 aromatic rings. The lowest BCUT2D eigenvalue weighted by Gasteiger charge is -2.21. The van der Waals surface area contributed by atoms with E-state index < -0.39 is 0 Å². The maximum atomic E-state index is 10.6. The van der Waals surface area contributed by atoms with Crippen molar-refractivity contribution < 1.29 is 0 Å². The predicted molar refractivity (Wildman–Crippen MR) is 203 cm³/mol. The van der Waals surface area contributed by atoms with Gasteiger partial charge in [-0.3, -0.25) is 0 Å². The van der Waals surface area contributed by atoms with Crippen molar-refractivity contribution in [2.75, 3.05) is 0 Å².